The minimum absolute atomic E-state index is 0.0327. The van der Waals surface area contributed by atoms with Gasteiger partial charge in [0.2, 0.25) is 0 Å². The van der Waals surface area contributed by atoms with Crippen molar-refractivity contribution in [3.63, 3.8) is 0 Å². The zero-order valence-electron chi connectivity index (χ0n) is 19.0. The maximum atomic E-state index is 13.4. The molecule has 5 fully saturated rings. The van der Waals surface area contributed by atoms with Crippen molar-refractivity contribution in [3.05, 3.63) is 17.7 Å². The predicted molar refractivity (Wildman–Crippen MR) is 126 cm³/mol. The lowest BCUT2D eigenvalue weighted by Crippen LogP contribution is -2.55. The minimum atomic E-state index is -0.735. The van der Waals surface area contributed by atoms with Gasteiger partial charge in [-0.1, -0.05) is 6.92 Å². The molecule has 1 aliphatic heterocycles. The summed E-state index contributed by atoms with van der Waals surface area (Å²) in [4.78, 5) is 31.5. The Balaban J connectivity index is 1.30. The molecule has 0 aromatic carbocycles. The summed E-state index contributed by atoms with van der Waals surface area (Å²) in [5.74, 6) is 4.36. The molecule has 4 aliphatic carbocycles. The maximum absolute atomic E-state index is 13.4. The van der Waals surface area contributed by atoms with Gasteiger partial charge in [-0.2, -0.15) is 0 Å². The molecule has 1 aromatic heterocycles. The van der Waals surface area contributed by atoms with Gasteiger partial charge in [-0.25, -0.2) is 4.98 Å². The largest absolute Gasteiger partial charge is 0.481 e. The first kappa shape index (κ1) is 22.1. The van der Waals surface area contributed by atoms with Crippen LogP contribution >= 0.6 is 11.8 Å². The van der Waals surface area contributed by atoms with Crippen molar-refractivity contribution in [2.24, 2.45) is 29.6 Å². The molecule has 0 spiro atoms. The average molecular weight is 458 g/mol. The predicted octanol–water partition coefficient (Wildman–Crippen LogP) is 4.44. The van der Waals surface area contributed by atoms with E-state index in [0.29, 0.717) is 23.4 Å². The second-order valence-electron chi connectivity index (χ2n) is 10.5. The molecule has 5 aliphatic rings. The van der Waals surface area contributed by atoms with Crippen molar-refractivity contribution in [1.82, 2.24) is 10.3 Å². The molecule has 1 saturated heterocycles. The van der Waals surface area contributed by atoms with Gasteiger partial charge in [-0.05, 0) is 92.4 Å². The monoisotopic (exact) mass is 457 g/mol. The van der Waals surface area contributed by atoms with Crippen molar-refractivity contribution in [2.45, 2.75) is 69.4 Å². The number of rotatable bonds is 8. The van der Waals surface area contributed by atoms with Crippen LogP contribution in [0.15, 0.2) is 17.2 Å². The van der Waals surface area contributed by atoms with E-state index in [0.717, 1.165) is 54.4 Å². The molecule has 6 rings (SSSR count). The van der Waals surface area contributed by atoms with Crippen LogP contribution < -0.4 is 10.2 Å². The summed E-state index contributed by atoms with van der Waals surface area (Å²) in [7, 11) is 0. The van der Waals surface area contributed by atoms with E-state index in [2.05, 4.69) is 17.1 Å². The number of nitrogens with zero attached hydrogens (tertiary/aromatic N) is 2. The van der Waals surface area contributed by atoms with Crippen molar-refractivity contribution in [1.29, 1.82) is 0 Å². The Morgan fingerprint density at radius 3 is 2.53 bits per heavy atom. The summed E-state index contributed by atoms with van der Waals surface area (Å²) in [6.07, 6.45) is 8.69. The van der Waals surface area contributed by atoms with E-state index < -0.39 is 5.97 Å². The van der Waals surface area contributed by atoms with Crippen molar-refractivity contribution in [2.75, 3.05) is 23.7 Å². The maximum Gasteiger partial charge on any atom is 0.303 e. The van der Waals surface area contributed by atoms with Gasteiger partial charge in [0, 0.05) is 25.6 Å². The molecular weight excluding hydrogens is 422 g/mol. The van der Waals surface area contributed by atoms with Gasteiger partial charge in [0.25, 0.3) is 5.91 Å². The number of carbonyl (C=O) groups is 2. The summed E-state index contributed by atoms with van der Waals surface area (Å²) in [5, 5.41) is 13.4. The molecule has 32 heavy (non-hydrogen) atoms. The highest BCUT2D eigenvalue weighted by Gasteiger charge is 2.48. The lowest BCUT2D eigenvalue weighted by Gasteiger charge is -2.54. The van der Waals surface area contributed by atoms with Crippen molar-refractivity contribution in [3.8, 4) is 0 Å². The van der Waals surface area contributed by atoms with E-state index in [-0.39, 0.29) is 18.2 Å². The molecule has 174 valence electrons. The number of hydrogen-bond acceptors (Lipinski definition) is 5. The molecular formula is C25H35N3O3S. The Bertz CT molecular complexity index is 848. The number of pyridine rings is 1. The summed E-state index contributed by atoms with van der Waals surface area (Å²) in [5.41, 5.74) is 0.697. The van der Waals surface area contributed by atoms with Crippen LogP contribution in [0.4, 0.5) is 5.82 Å². The number of amides is 1. The van der Waals surface area contributed by atoms with Crippen LogP contribution in [0.25, 0.3) is 0 Å². The standard InChI is InChI=1S/C25H35N3O3S/c1-2-7-32-25-20(3-4-21(26-25)28-6-5-15(14-28)13-22(29)30)24(31)27-23-18-9-16-8-17(11-18)12-19(23)10-16/h3-4,15-19,23H,2,5-14H2,1H3,(H,27,31)(H,29,30)/t15-,16?,17?,18?,19?,23?/m1/s1. The van der Waals surface area contributed by atoms with Crippen molar-refractivity contribution < 1.29 is 14.7 Å². The van der Waals surface area contributed by atoms with Crippen molar-refractivity contribution >= 4 is 29.5 Å². The van der Waals surface area contributed by atoms with Gasteiger partial charge in [0.1, 0.15) is 10.8 Å². The molecule has 0 radical (unpaired) electrons. The topological polar surface area (TPSA) is 82.5 Å². The number of carbonyl (C=O) groups excluding carboxylic acids is 1. The molecule has 2 N–H and O–H groups in total. The smallest absolute Gasteiger partial charge is 0.303 e. The zero-order chi connectivity index (χ0) is 22.2. The molecule has 0 unspecified atom stereocenters. The van der Waals surface area contributed by atoms with Crippen LogP contribution in [-0.4, -0.2) is 46.9 Å². The lowest BCUT2D eigenvalue weighted by atomic mass is 9.54. The zero-order valence-corrected chi connectivity index (χ0v) is 19.8. The molecule has 1 amide bonds. The van der Waals surface area contributed by atoms with Gasteiger partial charge in [-0.3, -0.25) is 9.59 Å². The van der Waals surface area contributed by atoms with E-state index in [1.165, 1.54) is 32.1 Å². The molecule has 1 atom stereocenters. The number of carboxylic acids is 1. The third-order valence-electron chi connectivity index (χ3n) is 8.13. The molecule has 2 heterocycles. The number of carboxylic acid groups (broad SMARTS) is 1. The molecule has 6 nitrogen and oxygen atoms in total. The SMILES string of the molecule is CCCSc1nc(N2CC[C@H](CC(=O)O)C2)ccc1C(=O)NC1C2CC3CC(C2)CC1C3. The van der Waals surface area contributed by atoms with Crippen LogP contribution in [0, 0.1) is 29.6 Å². The van der Waals surface area contributed by atoms with E-state index >= 15 is 0 Å². The minimum Gasteiger partial charge on any atom is -0.481 e. The summed E-state index contributed by atoms with van der Waals surface area (Å²) in [6, 6.07) is 4.22. The summed E-state index contributed by atoms with van der Waals surface area (Å²) in [6.45, 7) is 3.68. The number of aromatic nitrogens is 1. The number of hydrogen-bond donors (Lipinski definition) is 2. The number of anilines is 1. The quantitative estimate of drug-likeness (QED) is 0.562. The van der Waals surface area contributed by atoms with Crippen LogP contribution in [0.1, 0.15) is 68.6 Å². The fourth-order valence-corrected chi connectivity index (χ4v) is 7.80. The van der Waals surface area contributed by atoms with Crippen LogP contribution in [0.5, 0.6) is 0 Å². The highest BCUT2D eigenvalue weighted by atomic mass is 32.2. The highest BCUT2D eigenvalue weighted by Crippen LogP contribution is 2.53. The Hall–Kier alpha value is -1.76. The third kappa shape index (κ3) is 4.50. The summed E-state index contributed by atoms with van der Waals surface area (Å²) >= 11 is 1.66. The fraction of sp³-hybridized carbons (Fsp3) is 0.720. The van der Waals surface area contributed by atoms with Crippen LogP contribution in [-0.2, 0) is 4.79 Å². The van der Waals surface area contributed by atoms with Gasteiger partial charge in [-0.15, -0.1) is 11.8 Å². The first-order chi connectivity index (χ1) is 15.5. The third-order valence-corrected chi connectivity index (χ3v) is 9.33. The van der Waals surface area contributed by atoms with E-state index in [1.807, 2.05) is 12.1 Å². The van der Waals surface area contributed by atoms with Crippen LogP contribution in [0.3, 0.4) is 0 Å². The molecule has 7 heteroatoms. The van der Waals surface area contributed by atoms with Gasteiger partial charge >= 0.3 is 5.97 Å². The highest BCUT2D eigenvalue weighted by molar-refractivity contribution is 7.99. The van der Waals surface area contributed by atoms with Crippen LogP contribution in [0.2, 0.25) is 0 Å². The number of aliphatic carboxylic acids is 1. The normalized spacial score (nSPS) is 33.0. The first-order valence-corrected chi connectivity index (χ1v) is 13.4. The first-order valence-electron chi connectivity index (χ1n) is 12.4. The van der Waals surface area contributed by atoms with Gasteiger partial charge < -0.3 is 15.3 Å². The Kier molecular flexibility index (Phi) is 6.37. The molecule has 1 aromatic rings. The Labute approximate surface area is 194 Å². The number of nitrogens with one attached hydrogen (secondary N) is 1. The summed E-state index contributed by atoms with van der Waals surface area (Å²) < 4.78 is 0. The second kappa shape index (κ2) is 9.24. The Morgan fingerprint density at radius 1 is 1.16 bits per heavy atom. The van der Waals surface area contributed by atoms with E-state index in [9.17, 15) is 9.59 Å². The van der Waals surface area contributed by atoms with E-state index in [1.54, 1.807) is 11.8 Å². The second-order valence-corrected chi connectivity index (χ2v) is 11.6. The fourth-order valence-electron chi connectivity index (χ4n) is 6.93. The average Bonchev–Trinajstić information content (AvgIpc) is 3.21. The Morgan fingerprint density at radius 2 is 1.88 bits per heavy atom. The van der Waals surface area contributed by atoms with Gasteiger partial charge in [0.15, 0.2) is 0 Å². The van der Waals surface area contributed by atoms with E-state index in [4.69, 9.17) is 10.1 Å². The number of thioether (sulfide) groups is 1. The molecule has 4 saturated carbocycles. The lowest BCUT2D eigenvalue weighted by molar-refractivity contribution is -0.137. The molecule has 4 bridgehead atoms. The van der Waals surface area contributed by atoms with Gasteiger partial charge in [0.05, 0.1) is 5.56 Å².